The van der Waals surface area contributed by atoms with Crippen LogP contribution in [-0.4, -0.2) is 24.4 Å². The summed E-state index contributed by atoms with van der Waals surface area (Å²) >= 11 is 1.68. The van der Waals surface area contributed by atoms with E-state index < -0.39 is 5.82 Å². The summed E-state index contributed by atoms with van der Waals surface area (Å²) in [5.41, 5.74) is 1.45. The normalized spacial score (nSPS) is 10.8. The van der Waals surface area contributed by atoms with Crippen molar-refractivity contribution < 1.29 is 9.18 Å². The van der Waals surface area contributed by atoms with Crippen molar-refractivity contribution in [1.82, 2.24) is 4.90 Å². The number of rotatable bonds is 5. The number of halogens is 1. The molecule has 0 spiro atoms. The Morgan fingerprint density at radius 3 is 2.75 bits per heavy atom. The van der Waals surface area contributed by atoms with Crippen LogP contribution in [0.1, 0.15) is 10.4 Å². The van der Waals surface area contributed by atoms with Gasteiger partial charge in [-0.1, -0.05) is 12.1 Å². The molecule has 0 fully saturated rings. The molecule has 1 heterocycles. The lowest BCUT2D eigenvalue weighted by atomic mass is 10.3. The fourth-order valence-electron chi connectivity index (χ4n) is 1.86. The highest BCUT2D eigenvalue weighted by Gasteiger charge is 2.11. The van der Waals surface area contributed by atoms with Crippen LogP contribution in [0.25, 0.3) is 0 Å². The number of hydrogen-bond acceptors (Lipinski definition) is 3. The fraction of sp³-hybridized carbons (Fsp3) is 0.267. The summed E-state index contributed by atoms with van der Waals surface area (Å²) in [6.07, 6.45) is 0. The zero-order valence-electron chi connectivity index (χ0n) is 11.5. The van der Waals surface area contributed by atoms with Crippen molar-refractivity contribution in [1.29, 1.82) is 0 Å². The van der Waals surface area contributed by atoms with Gasteiger partial charge in [-0.15, -0.1) is 11.3 Å². The minimum atomic E-state index is -0.419. The number of carbonyl (C=O) groups is 1. The maximum Gasteiger partial charge on any atom is 0.238 e. The standard InChI is InChI=1S/C15H17FN2OS/c1-11-7-8-20-14(11)9-18(2)10-15(19)17-13-6-4-3-5-12(13)16/h3-8H,9-10H2,1-2H3,(H,17,19). The van der Waals surface area contributed by atoms with Crippen molar-refractivity contribution >= 4 is 22.9 Å². The Balaban J connectivity index is 1.88. The van der Waals surface area contributed by atoms with E-state index in [1.54, 1.807) is 29.5 Å². The second kappa shape index (κ2) is 6.63. The van der Waals surface area contributed by atoms with Gasteiger partial charge in [-0.05, 0) is 43.1 Å². The van der Waals surface area contributed by atoms with Crippen molar-refractivity contribution in [2.75, 3.05) is 18.9 Å². The Bertz CT molecular complexity index is 597. The molecule has 3 nitrogen and oxygen atoms in total. The zero-order valence-corrected chi connectivity index (χ0v) is 12.3. The molecule has 0 aliphatic rings. The van der Waals surface area contributed by atoms with E-state index in [0.717, 1.165) is 0 Å². The van der Waals surface area contributed by atoms with Gasteiger partial charge in [0, 0.05) is 11.4 Å². The number of thiophene rings is 1. The van der Waals surface area contributed by atoms with Crippen LogP contribution in [0.2, 0.25) is 0 Å². The van der Waals surface area contributed by atoms with E-state index in [1.807, 2.05) is 17.3 Å². The maximum absolute atomic E-state index is 13.4. The smallest absolute Gasteiger partial charge is 0.238 e. The van der Waals surface area contributed by atoms with Crippen LogP contribution in [0.5, 0.6) is 0 Å². The summed E-state index contributed by atoms with van der Waals surface area (Å²) in [7, 11) is 1.88. The molecular weight excluding hydrogens is 275 g/mol. The summed E-state index contributed by atoms with van der Waals surface area (Å²) in [4.78, 5) is 15.0. The predicted molar refractivity (Wildman–Crippen MR) is 80.4 cm³/mol. The van der Waals surface area contributed by atoms with Crippen LogP contribution in [0.15, 0.2) is 35.7 Å². The van der Waals surface area contributed by atoms with Gasteiger partial charge in [0.1, 0.15) is 5.82 Å². The Kier molecular flexibility index (Phi) is 4.87. The number of nitrogens with zero attached hydrogens (tertiary/aromatic N) is 1. The first kappa shape index (κ1) is 14.7. The molecule has 20 heavy (non-hydrogen) atoms. The second-order valence-corrected chi connectivity index (χ2v) is 5.73. The van der Waals surface area contributed by atoms with Crippen LogP contribution in [0.3, 0.4) is 0 Å². The molecule has 1 amide bonds. The average Bonchev–Trinajstić information content (AvgIpc) is 2.77. The van der Waals surface area contributed by atoms with Crippen molar-refractivity contribution in [3.05, 3.63) is 52.0 Å². The molecule has 0 aliphatic heterocycles. The number of amides is 1. The largest absolute Gasteiger partial charge is 0.322 e. The van der Waals surface area contributed by atoms with Gasteiger partial charge < -0.3 is 5.32 Å². The third kappa shape index (κ3) is 3.88. The molecule has 0 saturated carbocycles. The highest BCUT2D eigenvalue weighted by Crippen LogP contribution is 2.17. The van der Waals surface area contributed by atoms with E-state index in [2.05, 4.69) is 18.3 Å². The number of benzene rings is 1. The summed E-state index contributed by atoms with van der Waals surface area (Å²) in [5.74, 6) is -0.635. The first-order valence-electron chi connectivity index (χ1n) is 6.32. The fourth-order valence-corrected chi connectivity index (χ4v) is 2.85. The lowest BCUT2D eigenvalue weighted by Gasteiger charge is -2.16. The maximum atomic E-state index is 13.4. The molecule has 0 saturated heterocycles. The van der Waals surface area contributed by atoms with Crippen molar-refractivity contribution in [3.63, 3.8) is 0 Å². The third-order valence-electron chi connectivity index (χ3n) is 2.94. The van der Waals surface area contributed by atoms with Crippen molar-refractivity contribution in [3.8, 4) is 0 Å². The number of likely N-dealkylation sites (N-methyl/N-ethyl adjacent to an activating group) is 1. The number of carbonyl (C=O) groups excluding carboxylic acids is 1. The second-order valence-electron chi connectivity index (χ2n) is 4.73. The highest BCUT2D eigenvalue weighted by atomic mass is 32.1. The Morgan fingerprint density at radius 2 is 2.10 bits per heavy atom. The number of anilines is 1. The summed E-state index contributed by atoms with van der Waals surface area (Å²) in [6, 6.07) is 8.23. The predicted octanol–water partition coefficient (Wildman–Crippen LogP) is 3.27. The molecule has 1 N–H and O–H groups in total. The van der Waals surface area contributed by atoms with E-state index in [4.69, 9.17) is 0 Å². The van der Waals surface area contributed by atoms with Gasteiger partial charge >= 0.3 is 0 Å². The van der Waals surface area contributed by atoms with Gasteiger partial charge in [-0.25, -0.2) is 4.39 Å². The zero-order chi connectivity index (χ0) is 14.5. The molecule has 1 aromatic heterocycles. The lowest BCUT2D eigenvalue weighted by molar-refractivity contribution is -0.117. The van der Waals surface area contributed by atoms with Gasteiger partial charge in [-0.2, -0.15) is 0 Å². The van der Waals surface area contributed by atoms with Crippen LogP contribution < -0.4 is 5.32 Å². The first-order chi connectivity index (χ1) is 9.56. The molecule has 2 aromatic rings. The molecular formula is C15H17FN2OS. The molecule has 0 atom stereocenters. The topological polar surface area (TPSA) is 32.3 Å². The Labute approximate surface area is 122 Å². The Morgan fingerprint density at radius 1 is 1.35 bits per heavy atom. The lowest BCUT2D eigenvalue weighted by Crippen LogP contribution is -2.30. The third-order valence-corrected chi connectivity index (χ3v) is 3.95. The quantitative estimate of drug-likeness (QED) is 0.917. The summed E-state index contributed by atoms with van der Waals surface area (Å²) < 4.78 is 13.4. The Hall–Kier alpha value is -1.72. The van der Waals surface area contributed by atoms with Gasteiger partial charge in [0.2, 0.25) is 5.91 Å². The molecule has 0 aliphatic carbocycles. The summed E-state index contributed by atoms with van der Waals surface area (Å²) in [6.45, 7) is 3.00. The van der Waals surface area contributed by atoms with E-state index in [0.29, 0.717) is 6.54 Å². The van der Waals surface area contributed by atoms with Crippen LogP contribution in [0.4, 0.5) is 10.1 Å². The monoisotopic (exact) mass is 292 g/mol. The molecule has 1 aromatic carbocycles. The molecule has 0 unspecified atom stereocenters. The highest BCUT2D eigenvalue weighted by molar-refractivity contribution is 7.10. The van der Waals surface area contributed by atoms with Gasteiger partial charge in [0.15, 0.2) is 0 Å². The van der Waals surface area contributed by atoms with Gasteiger partial charge in [-0.3, -0.25) is 9.69 Å². The van der Waals surface area contributed by atoms with Crippen molar-refractivity contribution in [2.24, 2.45) is 0 Å². The summed E-state index contributed by atoms with van der Waals surface area (Å²) in [5, 5.41) is 4.62. The minimum absolute atomic E-state index is 0.216. The molecule has 2 rings (SSSR count). The number of hydrogen-bond donors (Lipinski definition) is 1. The molecule has 0 radical (unpaired) electrons. The minimum Gasteiger partial charge on any atom is -0.322 e. The number of para-hydroxylation sites is 1. The molecule has 5 heteroatoms. The van der Waals surface area contributed by atoms with E-state index in [9.17, 15) is 9.18 Å². The number of aryl methyl sites for hydroxylation is 1. The molecule has 106 valence electrons. The van der Waals surface area contributed by atoms with Crippen LogP contribution >= 0.6 is 11.3 Å². The van der Waals surface area contributed by atoms with Crippen LogP contribution in [0, 0.1) is 12.7 Å². The first-order valence-corrected chi connectivity index (χ1v) is 7.20. The van der Waals surface area contributed by atoms with E-state index >= 15 is 0 Å². The van der Waals surface area contributed by atoms with Gasteiger partial charge in [0.25, 0.3) is 0 Å². The van der Waals surface area contributed by atoms with E-state index in [1.165, 1.54) is 16.5 Å². The molecule has 0 bridgehead atoms. The van der Waals surface area contributed by atoms with Crippen molar-refractivity contribution in [2.45, 2.75) is 13.5 Å². The van der Waals surface area contributed by atoms with E-state index in [-0.39, 0.29) is 18.1 Å². The average molecular weight is 292 g/mol. The van der Waals surface area contributed by atoms with Crippen LogP contribution in [-0.2, 0) is 11.3 Å². The number of nitrogens with one attached hydrogen (secondary N) is 1. The van der Waals surface area contributed by atoms with Gasteiger partial charge in [0.05, 0.1) is 12.2 Å². The SMILES string of the molecule is Cc1ccsc1CN(C)CC(=O)Nc1ccccc1F.